The fourth-order valence-electron chi connectivity index (χ4n) is 2.27. The molecule has 3 rings (SSSR count). The lowest BCUT2D eigenvalue weighted by Crippen LogP contribution is -1.98. The normalized spacial score (nSPS) is 10.5. The molecule has 1 heterocycles. The first kappa shape index (κ1) is 13.3. The van der Waals surface area contributed by atoms with E-state index in [1.54, 1.807) is 34.9 Å². The van der Waals surface area contributed by atoms with Crippen molar-refractivity contribution < 1.29 is 9.13 Å². The van der Waals surface area contributed by atoms with Crippen LogP contribution < -0.4 is 4.74 Å². The maximum Gasteiger partial charge on any atom is 0.182 e. The maximum absolute atomic E-state index is 13.8. The molecule has 0 unspecified atom stereocenters. The number of rotatable bonds is 2. The van der Waals surface area contributed by atoms with Crippen LogP contribution in [0.25, 0.3) is 16.7 Å². The molecule has 3 aromatic rings. The molecular weight excluding hydrogens is 289 g/mol. The van der Waals surface area contributed by atoms with Crippen molar-refractivity contribution in [3.8, 4) is 17.5 Å². The molecule has 104 valence electrons. The highest BCUT2D eigenvalue weighted by Gasteiger charge is 2.13. The largest absolute Gasteiger partial charge is 0.495 e. The summed E-state index contributed by atoms with van der Waals surface area (Å²) in [5.41, 5.74) is 2.09. The molecule has 0 amide bonds. The molecule has 4 nitrogen and oxygen atoms in total. The zero-order valence-corrected chi connectivity index (χ0v) is 11.9. The van der Waals surface area contributed by atoms with Crippen molar-refractivity contribution in [3.63, 3.8) is 0 Å². The quantitative estimate of drug-likeness (QED) is 0.734. The number of nitrogens with one attached hydrogen (secondary N) is 1. The fraction of sp³-hybridized carbons (Fsp3) is 0.0667. The molecule has 0 saturated heterocycles. The summed E-state index contributed by atoms with van der Waals surface area (Å²) in [5, 5.41) is 8.95. The number of ether oxygens (including phenoxy) is 1. The lowest BCUT2D eigenvalue weighted by Gasteiger charge is -2.10. The highest BCUT2D eigenvalue weighted by Crippen LogP contribution is 2.28. The zero-order chi connectivity index (χ0) is 15.0. The van der Waals surface area contributed by atoms with Gasteiger partial charge < -0.3 is 9.72 Å². The van der Waals surface area contributed by atoms with Crippen LogP contribution in [0, 0.1) is 21.9 Å². The smallest absolute Gasteiger partial charge is 0.182 e. The van der Waals surface area contributed by atoms with Gasteiger partial charge in [0.05, 0.1) is 29.9 Å². The summed E-state index contributed by atoms with van der Waals surface area (Å²) >= 11 is 5.28. The minimum absolute atomic E-state index is 0.342. The number of aromatic nitrogens is 2. The van der Waals surface area contributed by atoms with Gasteiger partial charge in [-0.1, -0.05) is 6.07 Å². The number of benzene rings is 2. The number of aromatic amines is 1. The molecule has 0 fully saturated rings. The third-order valence-electron chi connectivity index (χ3n) is 3.22. The molecule has 0 bridgehead atoms. The number of H-pyrrole nitrogens is 1. The monoisotopic (exact) mass is 299 g/mol. The first-order valence-electron chi connectivity index (χ1n) is 6.13. The topological polar surface area (TPSA) is 53.7 Å². The number of hydrogen-bond acceptors (Lipinski definition) is 3. The summed E-state index contributed by atoms with van der Waals surface area (Å²) in [6.45, 7) is 0. The summed E-state index contributed by atoms with van der Waals surface area (Å²) in [5.74, 6) is 0.125. The van der Waals surface area contributed by atoms with E-state index in [4.69, 9.17) is 22.2 Å². The Bertz CT molecular complexity index is 936. The minimum atomic E-state index is -0.370. The van der Waals surface area contributed by atoms with Crippen LogP contribution in [0.1, 0.15) is 5.56 Å². The van der Waals surface area contributed by atoms with Gasteiger partial charge in [0.25, 0.3) is 0 Å². The van der Waals surface area contributed by atoms with E-state index in [-0.39, 0.29) is 5.82 Å². The number of methoxy groups -OCH3 is 1. The van der Waals surface area contributed by atoms with E-state index in [9.17, 15) is 4.39 Å². The highest BCUT2D eigenvalue weighted by atomic mass is 32.1. The van der Waals surface area contributed by atoms with Gasteiger partial charge in [-0.2, -0.15) is 5.26 Å². The molecule has 0 aliphatic rings. The van der Waals surface area contributed by atoms with Crippen LogP contribution in [0.3, 0.4) is 0 Å². The Morgan fingerprint density at radius 3 is 2.86 bits per heavy atom. The summed E-state index contributed by atoms with van der Waals surface area (Å²) in [6.07, 6.45) is 0. The maximum atomic E-state index is 13.8. The number of imidazole rings is 1. The molecule has 6 heteroatoms. The SMILES string of the molecule is COc1cc(C#N)ccc1-n1c(=S)[nH]c2c(F)cccc21. The molecule has 0 atom stereocenters. The summed E-state index contributed by atoms with van der Waals surface area (Å²) in [6, 6.07) is 11.8. The van der Waals surface area contributed by atoms with Gasteiger partial charge in [0, 0.05) is 6.07 Å². The lowest BCUT2D eigenvalue weighted by atomic mass is 10.2. The van der Waals surface area contributed by atoms with Crippen LogP contribution in [0.4, 0.5) is 4.39 Å². The molecule has 0 radical (unpaired) electrons. The third kappa shape index (κ3) is 2.08. The first-order chi connectivity index (χ1) is 10.2. The van der Waals surface area contributed by atoms with Gasteiger partial charge in [-0.15, -0.1) is 0 Å². The summed E-state index contributed by atoms with van der Waals surface area (Å²) < 4.78 is 21.2. The molecule has 0 aliphatic carbocycles. The summed E-state index contributed by atoms with van der Waals surface area (Å²) in [4.78, 5) is 2.86. The number of nitriles is 1. The van der Waals surface area contributed by atoms with Crippen molar-refractivity contribution in [2.75, 3.05) is 7.11 Å². The first-order valence-corrected chi connectivity index (χ1v) is 6.54. The Kier molecular flexibility index (Phi) is 3.20. The van der Waals surface area contributed by atoms with Gasteiger partial charge in [0.1, 0.15) is 17.1 Å². The fourth-order valence-corrected chi connectivity index (χ4v) is 2.56. The predicted octanol–water partition coefficient (Wildman–Crippen LogP) is 3.71. The van der Waals surface area contributed by atoms with Gasteiger partial charge in [-0.05, 0) is 36.5 Å². The molecular formula is C15H10FN3OS. The average molecular weight is 299 g/mol. The van der Waals surface area contributed by atoms with Gasteiger partial charge in [0.15, 0.2) is 4.77 Å². The number of hydrogen-bond donors (Lipinski definition) is 1. The van der Waals surface area contributed by atoms with Crippen molar-refractivity contribution in [3.05, 3.63) is 52.5 Å². The highest BCUT2D eigenvalue weighted by molar-refractivity contribution is 7.71. The molecule has 1 N–H and O–H groups in total. The van der Waals surface area contributed by atoms with Crippen molar-refractivity contribution in [1.82, 2.24) is 9.55 Å². The molecule has 0 aliphatic heterocycles. The molecule has 0 saturated carbocycles. The van der Waals surface area contributed by atoms with Crippen molar-refractivity contribution in [2.45, 2.75) is 0 Å². The Hall–Kier alpha value is -2.65. The van der Waals surface area contributed by atoms with E-state index >= 15 is 0 Å². The number of halogens is 1. The number of para-hydroxylation sites is 1. The van der Waals surface area contributed by atoms with E-state index in [0.717, 1.165) is 0 Å². The van der Waals surface area contributed by atoms with Gasteiger partial charge in [-0.3, -0.25) is 4.57 Å². The van der Waals surface area contributed by atoms with E-state index in [1.165, 1.54) is 13.2 Å². The van der Waals surface area contributed by atoms with Crippen LogP contribution in [0.5, 0.6) is 5.75 Å². The van der Waals surface area contributed by atoms with E-state index < -0.39 is 0 Å². The molecule has 1 aromatic heterocycles. The van der Waals surface area contributed by atoms with Gasteiger partial charge >= 0.3 is 0 Å². The van der Waals surface area contributed by atoms with Gasteiger partial charge in [-0.25, -0.2) is 4.39 Å². The molecule has 21 heavy (non-hydrogen) atoms. The van der Waals surface area contributed by atoms with Gasteiger partial charge in [0.2, 0.25) is 0 Å². The molecule has 0 spiro atoms. The minimum Gasteiger partial charge on any atom is -0.495 e. The van der Waals surface area contributed by atoms with Crippen LogP contribution in [-0.2, 0) is 0 Å². The Morgan fingerprint density at radius 2 is 2.14 bits per heavy atom. The second-order valence-electron chi connectivity index (χ2n) is 4.40. The van der Waals surface area contributed by atoms with E-state index in [0.29, 0.717) is 32.8 Å². The zero-order valence-electron chi connectivity index (χ0n) is 11.1. The second-order valence-corrected chi connectivity index (χ2v) is 4.78. The van der Waals surface area contributed by atoms with Crippen LogP contribution in [0.15, 0.2) is 36.4 Å². The van der Waals surface area contributed by atoms with Crippen LogP contribution in [0.2, 0.25) is 0 Å². The lowest BCUT2D eigenvalue weighted by molar-refractivity contribution is 0.413. The van der Waals surface area contributed by atoms with Crippen molar-refractivity contribution in [1.29, 1.82) is 5.26 Å². The van der Waals surface area contributed by atoms with Crippen LogP contribution >= 0.6 is 12.2 Å². The van der Waals surface area contributed by atoms with E-state index in [1.807, 2.05) is 0 Å². The number of nitrogens with zero attached hydrogens (tertiary/aromatic N) is 2. The third-order valence-corrected chi connectivity index (χ3v) is 3.50. The Morgan fingerprint density at radius 1 is 1.33 bits per heavy atom. The number of fused-ring (bicyclic) bond motifs is 1. The second kappa shape index (κ2) is 5.04. The van der Waals surface area contributed by atoms with E-state index in [2.05, 4.69) is 11.1 Å². The van der Waals surface area contributed by atoms with Crippen LogP contribution in [-0.4, -0.2) is 16.7 Å². The van der Waals surface area contributed by atoms with Crippen molar-refractivity contribution >= 4 is 23.3 Å². The average Bonchev–Trinajstić information content (AvgIpc) is 2.84. The Labute approximate surface area is 125 Å². The predicted molar refractivity (Wildman–Crippen MR) is 79.7 cm³/mol. The van der Waals surface area contributed by atoms with Crippen molar-refractivity contribution in [2.24, 2.45) is 0 Å². The summed E-state index contributed by atoms with van der Waals surface area (Å²) in [7, 11) is 1.51. The Balaban J connectivity index is 2.36. The standard InChI is InChI=1S/C15H10FN3OS/c1-20-13-7-9(8-17)5-6-11(13)19-12-4-2-3-10(16)14(12)18-15(19)21/h2-7H,1H3,(H,18,21). The molecule has 2 aromatic carbocycles.